The summed E-state index contributed by atoms with van der Waals surface area (Å²) in [5, 5.41) is 12.2. The minimum atomic E-state index is -3.51. The molecule has 1 aromatic heterocycles. The normalized spacial score (nSPS) is 19.3. The lowest BCUT2D eigenvalue weighted by Gasteiger charge is -2.26. The molecule has 1 aliphatic heterocycles. The van der Waals surface area contributed by atoms with Crippen molar-refractivity contribution in [2.75, 3.05) is 19.6 Å². The number of nitriles is 1. The van der Waals surface area contributed by atoms with E-state index in [2.05, 4.69) is 5.32 Å². The topological polar surface area (TPSA) is 73.2 Å². The Morgan fingerprint density at radius 2 is 2.29 bits per heavy atom. The summed E-state index contributed by atoms with van der Waals surface area (Å²) in [6, 6.07) is 5.33. The molecule has 116 valence electrons. The first-order valence-electron chi connectivity index (χ1n) is 7.17. The van der Waals surface area contributed by atoms with Crippen molar-refractivity contribution in [1.82, 2.24) is 9.62 Å². The van der Waals surface area contributed by atoms with Gasteiger partial charge in [0.25, 0.3) is 10.0 Å². The number of nitrogens with zero attached hydrogens (tertiary/aromatic N) is 2. The number of hydrogen-bond donors (Lipinski definition) is 1. The Morgan fingerprint density at radius 3 is 2.81 bits per heavy atom. The van der Waals surface area contributed by atoms with Crippen molar-refractivity contribution in [1.29, 1.82) is 5.26 Å². The summed E-state index contributed by atoms with van der Waals surface area (Å²) in [6.07, 6.45) is 2.11. The molecule has 0 amide bonds. The quantitative estimate of drug-likeness (QED) is 0.867. The minimum absolute atomic E-state index is 0.230. The van der Waals surface area contributed by atoms with Crippen LogP contribution in [0, 0.1) is 17.2 Å². The van der Waals surface area contributed by atoms with Crippen LogP contribution in [0.15, 0.2) is 16.3 Å². The smallest absolute Gasteiger partial charge is 0.252 e. The highest BCUT2D eigenvalue weighted by Crippen LogP contribution is 2.26. The molecule has 21 heavy (non-hydrogen) atoms. The van der Waals surface area contributed by atoms with Gasteiger partial charge in [0.05, 0.1) is 0 Å². The van der Waals surface area contributed by atoms with E-state index in [-0.39, 0.29) is 16.2 Å². The summed E-state index contributed by atoms with van der Waals surface area (Å²) in [6.45, 7) is 5.98. The Hall–Kier alpha value is -0.940. The van der Waals surface area contributed by atoms with Gasteiger partial charge in [0, 0.05) is 19.1 Å². The van der Waals surface area contributed by atoms with Gasteiger partial charge in [-0.1, -0.05) is 13.8 Å². The summed E-state index contributed by atoms with van der Waals surface area (Å²) < 4.78 is 27.4. The number of nitrogens with one attached hydrogen (secondary N) is 1. The first-order chi connectivity index (χ1) is 9.93. The second kappa shape index (κ2) is 6.88. The Balaban J connectivity index is 2.22. The van der Waals surface area contributed by atoms with Crippen molar-refractivity contribution in [3.63, 3.8) is 0 Å². The molecule has 5 nitrogen and oxygen atoms in total. The molecule has 1 fully saturated rings. The van der Waals surface area contributed by atoms with Crippen LogP contribution in [0.1, 0.15) is 31.6 Å². The van der Waals surface area contributed by atoms with E-state index in [0.717, 1.165) is 30.7 Å². The summed E-state index contributed by atoms with van der Waals surface area (Å²) >= 11 is 1.04. The average molecular weight is 327 g/mol. The van der Waals surface area contributed by atoms with Gasteiger partial charge in [-0.05, 0) is 37.4 Å². The maximum Gasteiger partial charge on any atom is 0.252 e. The summed E-state index contributed by atoms with van der Waals surface area (Å²) in [4.78, 5) is 0.428. The molecule has 0 saturated carbocycles. The number of sulfonamides is 1. The third kappa shape index (κ3) is 4.04. The van der Waals surface area contributed by atoms with Crippen LogP contribution in [0.2, 0.25) is 0 Å². The predicted octanol–water partition coefficient (Wildman–Crippen LogP) is 2.02. The molecule has 2 rings (SSSR count). The summed E-state index contributed by atoms with van der Waals surface area (Å²) in [7, 11) is -3.51. The monoisotopic (exact) mass is 327 g/mol. The molecule has 1 aromatic rings. The van der Waals surface area contributed by atoms with Crippen molar-refractivity contribution < 1.29 is 8.42 Å². The molecule has 1 saturated heterocycles. The first-order valence-corrected chi connectivity index (χ1v) is 9.42. The van der Waals surface area contributed by atoms with Gasteiger partial charge in [0.2, 0.25) is 0 Å². The van der Waals surface area contributed by atoms with Gasteiger partial charge >= 0.3 is 0 Å². The SMILES string of the molecule is CC(C)CN(CC1CCCN1)S(=O)(=O)c1ccc(C#N)s1. The lowest BCUT2D eigenvalue weighted by atomic mass is 10.2. The number of thiophene rings is 1. The molecular formula is C14H21N3O2S2. The first kappa shape index (κ1) is 16.4. The molecule has 7 heteroatoms. The Bertz CT molecular complexity index is 610. The van der Waals surface area contributed by atoms with Crippen molar-refractivity contribution >= 4 is 21.4 Å². The Kier molecular flexibility index (Phi) is 5.38. The maximum absolute atomic E-state index is 12.8. The van der Waals surface area contributed by atoms with E-state index >= 15 is 0 Å². The fourth-order valence-electron chi connectivity index (χ4n) is 2.48. The van der Waals surface area contributed by atoms with Crippen LogP contribution in [-0.2, 0) is 10.0 Å². The molecule has 1 N–H and O–H groups in total. The van der Waals surface area contributed by atoms with Crippen LogP contribution in [0.4, 0.5) is 0 Å². The Morgan fingerprint density at radius 1 is 1.52 bits per heavy atom. The van der Waals surface area contributed by atoms with Gasteiger partial charge in [-0.15, -0.1) is 11.3 Å². The molecule has 0 bridgehead atoms. The van der Waals surface area contributed by atoms with E-state index in [1.807, 2.05) is 19.9 Å². The molecule has 0 radical (unpaired) electrons. The highest BCUT2D eigenvalue weighted by molar-refractivity contribution is 7.91. The molecule has 2 heterocycles. The molecule has 0 spiro atoms. The third-order valence-corrected chi connectivity index (χ3v) is 6.73. The largest absolute Gasteiger partial charge is 0.313 e. The number of rotatable bonds is 6. The van der Waals surface area contributed by atoms with E-state index in [1.54, 1.807) is 10.4 Å². The maximum atomic E-state index is 12.8. The third-order valence-electron chi connectivity index (χ3n) is 3.44. The van der Waals surface area contributed by atoms with Crippen LogP contribution in [0.5, 0.6) is 0 Å². The molecule has 1 unspecified atom stereocenters. The fourth-order valence-corrected chi connectivity index (χ4v) is 5.39. The molecule has 1 atom stereocenters. The second-order valence-electron chi connectivity index (χ2n) is 5.74. The zero-order valence-corrected chi connectivity index (χ0v) is 14.0. The van der Waals surface area contributed by atoms with Gasteiger partial charge < -0.3 is 5.32 Å². The van der Waals surface area contributed by atoms with E-state index < -0.39 is 10.0 Å². The van der Waals surface area contributed by atoms with Gasteiger partial charge in [0.15, 0.2) is 0 Å². The fraction of sp³-hybridized carbons (Fsp3) is 0.643. The summed E-state index contributed by atoms with van der Waals surface area (Å²) in [5.41, 5.74) is 0. The minimum Gasteiger partial charge on any atom is -0.313 e. The highest BCUT2D eigenvalue weighted by Gasteiger charge is 2.30. The van der Waals surface area contributed by atoms with Crippen molar-refractivity contribution in [2.24, 2.45) is 5.92 Å². The predicted molar refractivity (Wildman–Crippen MR) is 83.7 cm³/mol. The highest BCUT2D eigenvalue weighted by atomic mass is 32.2. The summed E-state index contributed by atoms with van der Waals surface area (Å²) in [5.74, 6) is 0.261. The van der Waals surface area contributed by atoms with E-state index in [0.29, 0.717) is 18.0 Å². The molecule has 0 aliphatic carbocycles. The Labute approximate surface area is 130 Å². The van der Waals surface area contributed by atoms with Gasteiger partial charge in [0.1, 0.15) is 15.2 Å². The number of hydrogen-bond acceptors (Lipinski definition) is 5. The van der Waals surface area contributed by atoms with Crippen LogP contribution >= 0.6 is 11.3 Å². The van der Waals surface area contributed by atoms with Crippen LogP contribution < -0.4 is 5.32 Å². The van der Waals surface area contributed by atoms with Crippen LogP contribution in [0.3, 0.4) is 0 Å². The van der Waals surface area contributed by atoms with E-state index in [1.165, 1.54) is 6.07 Å². The molecule has 1 aliphatic rings. The second-order valence-corrected chi connectivity index (χ2v) is 8.99. The van der Waals surface area contributed by atoms with Gasteiger partial charge in [-0.25, -0.2) is 8.42 Å². The standard InChI is InChI=1S/C14H21N3O2S2/c1-11(2)9-17(10-12-4-3-7-16-12)21(18,19)14-6-5-13(8-15)20-14/h5-6,11-12,16H,3-4,7,9-10H2,1-2H3. The van der Waals surface area contributed by atoms with Gasteiger partial charge in [-0.3, -0.25) is 0 Å². The molecule has 0 aromatic carbocycles. The molecular weight excluding hydrogens is 306 g/mol. The lowest BCUT2D eigenvalue weighted by molar-refractivity contribution is 0.337. The zero-order chi connectivity index (χ0) is 15.5. The van der Waals surface area contributed by atoms with Crippen LogP contribution in [-0.4, -0.2) is 38.4 Å². The average Bonchev–Trinajstić information content (AvgIpc) is 3.08. The van der Waals surface area contributed by atoms with Gasteiger partial charge in [-0.2, -0.15) is 9.57 Å². The van der Waals surface area contributed by atoms with Crippen molar-refractivity contribution in [3.8, 4) is 6.07 Å². The van der Waals surface area contributed by atoms with Crippen molar-refractivity contribution in [3.05, 3.63) is 17.0 Å². The lowest BCUT2D eigenvalue weighted by Crippen LogP contribution is -2.42. The van der Waals surface area contributed by atoms with Crippen molar-refractivity contribution in [2.45, 2.75) is 36.9 Å². The zero-order valence-electron chi connectivity index (χ0n) is 12.4. The van der Waals surface area contributed by atoms with E-state index in [9.17, 15) is 8.42 Å². The van der Waals surface area contributed by atoms with Crippen LogP contribution in [0.25, 0.3) is 0 Å². The van der Waals surface area contributed by atoms with E-state index in [4.69, 9.17) is 5.26 Å².